The number of hydrogen-bond acceptors (Lipinski definition) is 5. The van der Waals surface area contributed by atoms with E-state index in [-0.39, 0.29) is 41.6 Å². The number of aliphatic hydroxyl groups is 1. The number of rotatable bonds is 4. The van der Waals surface area contributed by atoms with Crippen LogP contribution in [0.1, 0.15) is 25.0 Å². The van der Waals surface area contributed by atoms with Gasteiger partial charge in [-0.25, -0.2) is 12.8 Å². The quantitative estimate of drug-likeness (QED) is 0.704. The van der Waals surface area contributed by atoms with Crippen molar-refractivity contribution < 1.29 is 22.7 Å². The number of nitrogens with zero attached hydrogens (tertiary/aromatic N) is 1. The van der Waals surface area contributed by atoms with Crippen molar-refractivity contribution >= 4 is 10.0 Å². The van der Waals surface area contributed by atoms with Gasteiger partial charge in [0, 0.05) is 36.2 Å². The van der Waals surface area contributed by atoms with Crippen molar-refractivity contribution in [1.82, 2.24) is 9.62 Å². The lowest BCUT2D eigenvalue weighted by atomic mass is 10.0. The number of nitrogens with one attached hydrogen (secondary N) is 1. The van der Waals surface area contributed by atoms with Crippen LogP contribution in [0.3, 0.4) is 0 Å². The van der Waals surface area contributed by atoms with Crippen LogP contribution in [-0.4, -0.2) is 56.7 Å². The third-order valence-corrected chi connectivity index (χ3v) is 7.27. The Morgan fingerprint density at radius 3 is 2.61 bits per heavy atom. The highest BCUT2D eigenvalue weighted by Crippen LogP contribution is 2.33. The first-order valence-corrected chi connectivity index (χ1v) is 11.6. The molecule has 1 aliphatic rings. The fourth-order valence-corrected chi connectivity index (χ4v) is 5.28. The summed E-state index contributed by atoms with van der Waals surface area (Å²) in [6, 6.07) is 10.1. The van der Waals surface area contributed by atoms with Gasteiger partial charge in [0.05, 0.1) is 6.61 Å². The van der Waals surface area contributed by atoms with Gasteiger partial charge in [-0.05, 0) is 50.4 Å². The van der Waals surface area contributed by atoms with Gasteiger partial charge in [-0.3, -0.25) is 0 Å². The van der Waals surface area contributed by atoms with Crippen LogP contribution >= 0.6 is 0 Å². The summed E-state index contributed by atoms with van der Waals surface area (Å²) >= 11 is 0. The van der Waals surface area contributed by atoms with Crippen molar-refractivity contribution in [2.75, 3.05) is 26.7 Å². The van der Waals surface area contributed by atoms with Crippen LogP contribution in [0.2, 0.25) is 0 Å². The maximum absolute atomic E-state index is 13.4. The molecule has 166 valence electrons. The molecule has 0 spiro atoms. The normalized spacial score (nSPS) is 21.6. The third kappa shape index (κ3) is 5.25. The van der Waals surface area contributed by atoms with Crippen LogP contribution in [-0.2, 0) is 10.0 Å². The standard InChI is InChI=1S/C23H27FN2O4S/c1-16-14-26(17(2)15-27)31(28,29)23-10-9-19(12-21(23)30-22(16)13-25-3)8-7-18-5-4-6-20(24)11-18/h4-6,9-12,16-17,22,25,27H,13-15H2,1-3H3/t16-,17+,22+/m1/s1. The van der Waals surface area contributed by atoms with Gasteiger partial charge in [0.1, 0.15) is 22.6 Å². The minimum Gasteiger partial charge on any atom is -0.487 e. The van der Waals surface area contributed by atoms with E-state index < -0.39 is 16.1 Å². The summed E-state index contributed by atoms with van der Waals surface area (Å²) < 4.78 is 47.6. The van der Waals surface area contributed by atoms with Gasteiger partial charge in [-0.15, -0.1) is 0 Å². The fraction of sp³-hybridized carbons (Fsp3) is 0.391. The number of ether oxygens (including phenoxy) is 1. The minimum atomic E-state index is -3.88. The molecule has 0 fully saturated rings. The molecule has 1 aliphatic heterocycles. The first-order chi connectivity index (χ1) is 14.8. The molecule has 6 nitrogen and oxygen atoms in total. The molecule has 0 radical (unpaired) electrons. The van der Waals surface area contributed by atoms with Crippen molar-refractivity contribution in [3.05, 3.63) is 59.4 Å². The molecule has 3 atom stereocenters. The molecule has 8 heteroatoms. The van der Waals surface area contributed by atoms with Crippen molar-refractivity contribution in [3.8, 4) is 17.6 Å². The molecule has 2 N–H and O–H groups in total. The Hall–Kier alpha value is -2.44. The number of sulfonamides is 1. The molecule has 3 rings (SSSR count). The van der Waals surface area contributed by atoms with E-state index in [4.69, 9.17) is 4.74 Å². The van der Waals surface area contributed by atoms with Crippen LogP contribution in [0.4, 0.5) is 4.39 Å². The second-order valence-electron chi connectivity index (χ2n) is 7.72. The van der Waals surface area contributed by atoms with Gasteiger partial charge in [-0.2, -0.15) is 4.31 Å². The molecular formula is C23H27FN2O4S. The van der Waals surface area contributed by atoms with Crippen molar-refractivity contribution in [1.29, 1.82) is 0 Å². The van der Waals surface area contributed by atoms with Gasteiger partial charge in [0.25, 0.3) is 0 Å². The van der Waals surface area contributed by atoms with E-state index in [1.807, 2.05) is 14.0 Å². The van der Waals surface area contributed by atoms with Crippen molar-refractivity contribution in [3.63, 3.8) is 0 Å². The summed E-state index contributed by atoms with van der Waals surface area (Å²) in [5, 5.41) is 12.7. The number of halogens is 1. The lowest BCUT2D eigenvalue weighted by molar-refractivity contribution is 0.103. The molecule has 0 amide bonds. The van der Waals surface area contributed by atoms with Crippen LogP contribution in [0, 0.1) is 23.6 Å². The Labute approximate surface area is 183 Å². The Balaban J connectivity index is 2.07. The van der Waals surface area contributed by atoms with E-state index in [1.54, 1.807) is 31.2 Å². The molecular weight excluding hydrogens is 419 g/mol. The number of benzene rings is 2. The predicted octanol–water partition coefficient (Wildman–Crippen LogP) is 2.21. The molecule has 2 aromatic rings. The first-order valence-electron chi connectivity index (χ1n) is 10.1. The zero-order chi connectivity index (χ0) is 22.6. The lowest BCUT2D eigenvalue weighted by Crippen LogP contribution is -2.49. The van der Waals surface area contributed by atoms with Crippen molar-refractivity contribution in [2.45, 2.75) is 30.9 Å². The predicted molar refractivity (Wildman–Crippen MR) is 117 cm³/mol. The SMILES string of the molecule is CNC[C@@H]1Oc2cc(C#Cc3cccc(F)c3)ccc2S(=O)(=O)N([C@@H](C)CO)C[C@H]1C. The monoisotopic (exact) mass is 446 g/mol. The average molecular weight is 447 g/mol. The largest absolute Gasteiger partial charge is 0.487 e. The molecule has 0 saturated heterocycles. The van der Waals surface area contributed by atoms with E-state index in [2.05, 4.69) is 17.2 Å². The van der Waals surface area contributed by atoms with Gasteiger partial charge in [0.2, 0.25) is 10.0 Å². The smallest absolute Gasteiger partial charge is 0.247 e. The molecule has 31 heavy (non-hydrogen) atoms. The van der Waals surface area contributed by atoms with E-state index in [9.17, 15) is 17.9 Å². The molecule has 0 bridgehead atoms. The number of aliphatic hydroxyl groups excluding tert-OH is 1. The van der Waals surface area contributed by atoms with Crippen LogP contribution in [0.15, 0.2) is 47.4 Å². The summed E-state index contributed by atoms with van der Waals surface area (Å²) in [6.07, 6.45) is -0.279. The molecule has 0 aromatic heterocycles. The summed E-state index contributed by atoms with van der Waals surface area (Å²) in [4.78, 5) is 0.0390. The summed E-state index contributed by atoms with van der Waals surface area (Å²) in [5.41, 5.74) is 1.07. The molecule has 1 heterocycles. The van der Waals surface area contributed by atoms with Crippen LogP contribution in [0.25, 0.3) is 0 Å². The van der Waals surface area contributed by atoms with Gasteiger partial charge >= 0.3 is 0 Å². The minimum absolute atomic E-state index is 0.0390. The second kappa shape index (κ2) is 9.79. The summed E-state index contributed by atoms with van der Waals surface area (Å²) in [6.45, 7) is 4.08. The van der Waals surface area contributed by atoms with Gasteiger partial charge in [0.15, 0.2) is 0 Å². The van der Waals surface area contributed by atoms with Crippen LogP contribution in [0.5, 0.6) is 5.75 Å². The number of likely N-dealkylation sites (N-methyl/N-ethyl adjacent to an activating group) is 1. The Morgan fingerprint density at radius 2 is 1.97 bits per heavy atom. The van der Waals surface area contributed by atoms with Crippen molar-refractivity contribution in [2.24, 2.45) is 5.92 Å². The zero-order valence-corrected chi connectivity index (χ0v) is 18.6. The Morgan fingerprint density at radius 1 is 1.26 bits per heavy atom. The van der Waals surface area contributed by atoms with E-state index >= 15 is 0 Å². The van der Waals surface area contributed by atoms with Gasteiger partial charge < -0.3 is 15.2 Å². The number of fused-ring (bicyclic) bond motifs is 1. The molecule has 0 unspecified atom stereocenters. The highest BCUT2D eigenvalue weighted by molar-refractivity contribution is 7.89. The lowest BCUT2D eigenvalue weighted by Gasteiger charge is -2.36. The first kappa shape index (κ1) is 23.2. The molecule has 0 saturated carbocycles. The number of hydrogen-bond donors (Lipinski definition) is 2. The average Bonchev–Trinajstić information content (AvgIpc) is 2.74. The van der Waals surface area contributed by atoms with Crippen LogP contribution < -0.4 is 10.1 Å². The zero-order valence-electron chi connectivity index (χ0n) is 17.8. The topological polar surface area (TPSA) is 78.9 Å². The molecule has 2 aromatic carbocycles. The second-order valence-corrected chi connectivity index (χ2v) is 9.58. The molecule has 0 aliphatic carbocycles. The maximum Gasteiger partial charge on any atom is 0.247 e. The highest BCUT2D eigenvalue weighted by Gasteiger charge is 2.37. The third-order valence-electron chi connectivity index (χ3n) is 5.25. The summed E-state index contributed by atoms with van der Waals surface area (Å²) in [5.74, 6) is 5.55. The Kier molecular flexibility index (Phi) is 7.34. The maximum atomic E-state index is 13.4. The Bertz CT molecular complexity index is 1090. The highest BCUT2D eigenvalue weighted by atomic mass is 32.2. The van der Waals surface area contributed by atoms with Gasteiger partial charge in [-0.1, -0.05) is 24.8 Å². The fourth-order valence-electron chi connectivity index (χ4n) is 3.46. The van der Waals surface area contributed by atoms with E-state index in [0.717, 1.165) is 0 Å². The van der Waals surface area contributed by atoms with E-state index in [0.29, 0.717) is 17.7 Å². The van der Waals surface area contributed by atoms with E-state index in [1.165, 1.54) is 22.5 Å². The summed E-state index contributed by atoms with van der Waals surface area (Å²) in [7, 11) is -2.08.